The zero-order chi connectivity index (χ0) is 15.2. The number of hydrogen-bond acceptors (Lipinski definition) is 2. The van der Waals surface area contributed by atoms with Crippen molar-refractivity contribution in [1.82, 2.24) is 10.6 Å². The van der Waals surface area contributed by atoms with Gasteiger partial charge >= 0.3 is 6.18 Å². The average Bonchev–Trinajstić information content (AvgIpc) is 2.37. The molecule has 20 heavy (non-hydrogen) atoms. The lowest BCUT2D eigenvalue weighted by molar-refractivity contribution is -0.139. The SMILES string of the molecule is CC1CCC(CCNC(C)C(=O)NCC(F)(F)F)CC1. The van der Waals surface area contributed by atoms with E-state index >= 15 is 0 Å². The standard InChI is InChI=1S/C14H25F3N2O/c1-10-3-5-12(6-4-10)7-8-18-11(2)13(20)19-9-14(15,16)17/h10-12,18H,3-9H2,1-2H3,(H,19,20). The molecule has 1 saturated carbocycles. The van der Waals surface area contributed by atoms with E-state index in [0.717, 1.165) is 12.3 Å². The molecule has 1 fully saturated rings. The summed E-state index contributed by atoms with van der Waals surface area (Å²) in [4.78, 5) is 11.4. The fourth-order valence-electron chi connectivity index (χ4n) is 2.55. The summed E-state index contributed by atoms with van der Waals surface area (Å²) in [6.07, 6.45) is 1.59. The Morgan fingerprint density at radius 3 is 2.40 bits per heavy atom. The van der Waals surface area contributed by atoms with Crippen LogP contribution in [-0.4, -0.2) is 31.2 Å². The van der Waals surface area contributed by atoms with Crippen LogP contribution in [0.1, 0.15) is 46.0 Å². The van der Waals surface area contributed by atoms with E-state index in [1.165, 1.54) is 25.7 Å². The maximum absolute atomic E-state index is 12.0. The second-order valence-corrected chi connectivity index (χ2v) is 5.92. The zero-order valence-corrected chi connectivity index (χ0v) is 12.2. The number of carbonyl (C=O) groups is 1. The van der Waals surface area contributed by atoms with Crippen LogP contribution in [0.15, 0.2) is 0 Å². The van der Waals surface area contributed by atoms with Crippen molar-refractivity contribution in [2.24, 2.45) is 11.8 Å². The van der Waals surface area contributed by atoms with Crippen molar-refractivity contribution in [2.75, 3.05) is 13.1 Å². The molecule has 1 aliphatic carbocycles. The minimum atomic E-state index is -4.35. The summed E-state index contributed by atoms with van der Waals surface area (Å²) < 4.78 is 35.9. The van der Waals surface area contributed by atoms with Crippen molar-refractivity contribution < 1.29 is 18.0 Å². The van der Waals surface area contributed by atoms with Gasteiger partial charge in [-0.1, -0.05) is 32.6 Å². The van der Waals surface area contributed by atoms with Crippen molar-refractivity contribution in [3.63, 3.8) is 0 Å². The molecule has 0 saturated heterocycles. The molecule has 2 N–H and O–H groups in total. The molecule has 0 aromatic rings. The van der Waals surface area contributed by atoms with E-state index in [1.54, 1.807) is 6.92 Å². The van der Waals surface area contributed by atoms with E-state index < -0.39 is 24.7 Å². The number of alkyl halides is 3. The van der Waals surface area contributed by atoms with Crippen molar-refractivity contribution in [2.45, 2.75) is 58.2 Å². The Bertz CT molecular complexity index is 299. The first-order valence-electron chi connectivity index (χ1n) is 7.36. The molecule has 1 rings (SSSR count). The van der Waals surface area contributed by atoms with E-state index in [2.05, 4.69) is 12.2 Å². The number of amides is 1. The Kier molecular flexibility index (Phi) is 6.79. The highest BCUT2D eigenvalue weighted by molar-refractivity contribution is 5.81. The molecule has 6 heteroatoms. The van der Waals surface area contributed by atoms with Crippen LogP contribution >= 0.6 is 0 Å². The molecule has 0 aromatic heterocycles. The van der Waals surface area contributed by atoms with Gasteiger partial charge in [-0.25, -0.2) is 0 Å². The molecule has 118 valence electrons. The molecule has 1 unspecified atom stereocenters. The lowest BCUT2D eigenvalue weighted by Crippen LogP contribution is -2.45. The first-order valence-corrected chi connectivity index (χ1v) is 7.36. The summed E-state index contributed by atoms with van der Waals surface area (Å²) in [5, 5.41) is 4.89. The number of carbonyl (C=O) groups excluding carboxylic acids is 1. The minimum absolute atomic E-state index is 0.583. The molecule has 0 heterocycles. The zero-order valence-electron chi connectivity index (χ0n) is 12.2. The third kappa shape index (κ3) is 7.12. The highest BCUT2D eigenvalue weighted by Gasteiger charge is 2.28. The lowest BCUT2D eigenvalue weighted by atomic mass is 9.81. The van der Waals surface area contributed by atoms with Gasteiger partial charge < -0.3 is 10.6 Å². The van der Waals surface area contributed by atoms with E-state index in [9.17, 15) is 18.0 Å². The summed E-state index contributed by atoms with van der Waals surface area (Å²) in [7, 11) is 0. The summed E-state index contributed by atoms with van der Waals surface area (Å²) in [5.41, 5.74) is 0. The first kappa shape index (κ1) is 17.3. The largest absolute Gasteiger partial charge is 0.405 e. The fourth-order valence-corrected chi connectivity index (χ4v) is 2.55. The van der Waals surface area contributed by atoms with Crippen molar-refractivity contribution >= 4 is 5.91 Å². The fraction of sp³-hybridized carbons (Fsp3) is 0.929. The third-order valence-corrected chi connectivity index (χ3v) is 3.99. The number of hydrogen-bond donors (Lipinski definition) is 2. The molecule has 1 atom stereocenters. The van der Waals surface area contributed by atoms with Gasteiger partial charge in [0.25, 0.3) is 0 Å². The molecule has 3 nitrogen and oxygen atoms in total. The van der Waals surface area contributed by atoms with Crippen LogP contribution in [0.5, 0.6) is 0 Å². The Labute approximate surface area is 118 Å². The van der Waals surface area contributed by atoms with Gasteiger partial charge in [0.15, 0.2) is 0 Å². The first-order chi connectivity index (χ1) is 9.28. The quantitative estimate of drug-likeness (QED) is 0.791. The number of rotatable bonds is 6. The number of halogens is 3. The molecule has 0 radical (unpaired) electrons. The van der Waals surface area contributed by atoms with Gasteiger partial charge in [0.2, 0.25) is 5.91 Å². The molecule has 0 spiro atoms. The van der Waals surface area contributed by atoms with Gasteiger partial charge in [-0.05, 0) is 31.7 Å². The van der Waals surface area contributed by atoms with Crippen molar-refractivity contribution in [3.05, 3.63) is 0 Å². The minimum Gasteiger partial charge on any atom is -0.346 e. The highest BCUT2D eigenvalue weighted by atomic mass is 19.4. The lowest BCUT2D eigenvalue weighted by Gasteiger charge is -2.26. The van der Waals surface area contributed by atoms with Gasteiger partial charge in [0.05, 0.1) is 6.04 Å². The summed E-state index contributed by atoms with van der Waals surface area (Å²) in [5.74, 6) is 0.898. The Morgan fingerprint density at radius 2 is 1.85 bits per heavy atom. The van der Waals surface area contributed by atoms with E-state index in [1.807, 2.05) is 5.32 Å². The average molecular weight is 294 g/mol. The topological polar surface area (TPSA) is 41.1 Å². The summed E-state index contributed by atoms with van der Waals surface area (Å²) >= 11 is 0. The number of nitrogens with one attached hydrogen (secondary N) is 2. The molecule has 1 amide bonds. The monoisotopic (exact) mass is 294 g/mol. The normalized spacial score (nSPS) is 25.2. The molecule has 0 bridgehead atoms. The molecule has 1 aliphatic rings. The van der Waals surface area contributed by atoms with Crippen LogP contribution in [0.25, 0.3) is 0 Å². The maximum atomic E-state index is 12.0. The van der Waals surface area contributed by atoms with Crippen LogP contribution in [0.4, 0.5) is 13.2 Å². The second-order valence-electron chi connectivity index (χ2n) is 5.92. The third-order valence-electron chi connectivity index (χ3n) is 3.99. The van der Waals surface area contributed by atoms with Gasteiger partial charge in [0, 0.05) is 0 Å². The van der Waals surface area contributed by atoms with Crippen LogP contribution in [0, 0.1) is 11.8 Å². The molecule has 0 aromatic carbocycles. The van der Waals surface area contributed by atoms with Gasteiger partial charge in [-0.15, -0.1) is 0 Å². The van der Waals surface area contributed by atoms with Crippen LogP contribution < -0.4 is 10.6 Å². The Morgan fingerprint density at radius 1 is 1.25 bits per heavy atom. The van der Waals surface area contributed by atoms with E-state index in [4.69, 9.17) is 0 Å². The van der Waals surface area contributed by atoms with E-state index in [0.29, 0.717) is 12.5 Å². The predicted octanol–water partition coefficient (Wildman–Crippen LogP) is 2.86. The summed E-state index contributed by atoms with van der Waals surface area (Å²) in [6, 6.07) is -0.583. The van der Waals surface area contributed by atoms with Gasteiger partial charge in [-0.2, -0.15) is 13.2 Å². The van der Waals surface area contributed by atoms with Crippen LogP contribution in [0.3, 0.4) is 0 Å². The van der Waals surface area contributed by atoms with Crippen molar-refractivity contribution in [1.29, 1.82) is 0 Å². The Balaban J connectivity index is 2.13. The van der Waals surface area contributed by atoms with Crippen LogP contribution in [-0.2, 0) is 4.79 Å². The van der Waals surface area contributed by atoms with Crippen molar-refractivity contribution in [3.8, 4) is 0 Å². The van der Waals surface area contributed by atoms with E-state index in [-0.39, 0.29) is 0 Å². The highest BCUT2D eigenvalue weighted by Crippen LogP contribution is 2.29. The van der Waals surface area contributed by atoms with Gasteiger partial charge in [-0.3, -0.25) is 4.79 Å². The van der Waals surface area contributed by atoms with Gasteiger partial charge in [0.1, 0.15) is 6.54 Å². The van der Waals surface area contributed by atoms with Crippen LogP contribution in [0.2, 0.25) is 0 Å². The molecular formula is C14H25F3N2O. The molecule has 0 aliphatic heterocycles. The molecular weight excluding hydrogens is 269 g/mol. The maximum Gasteiger partial charge on any atom is 0.405 e. The smallest absolute Gasteiger partial charge is 0.346 e. The summed E-state index contributed by atoms with van der Waals surface area (Å²) in [6.45, 7) is 3.27. The Hall–Kier alpha value is -0.780. The second kappa shape index (κ2) is 7.86. The predicted molar refractivity (Wildman–Crippen MR) is 72.3 cm³/mol.